The Morgan fingerprint density at radius 1 is 0.591 bits per heavy atom. The number of esters is 2. The first-order chi connectivity index (χ1) is 31.7. The maximum Gasteiger partial charge on any atom is 0.331 e. The van der Waals surface area contributed by atoms with Crippen molar-refractivity contribution in [1.82, 2.24) is 0 Å². The van der Waals surface area contributed by atoms with E-state index in [4.69, 9.17) is 42.6 Å². The zero-order chi connectivity index (χ0) is 47.8. The Bertz CT molecular complexity index is 2410. The fourth-order valence-electron chi connectivity index (χ4n) is 10.3. The van der Waals surface area contributed by atoms with Crippen LogP contribution in [0.25, 0.3) is 0 Å². The number of hydrogen-bond acceptors (Lipinski definition) is 11. The number of methoxy groups -OCH3 is 7. The predicted octanol–water partition coefficient (Wildman–Crippen LogP) is 8.17. The van der Waals surface area contributed by atoms with Crippen molar-refractivity contribution in [1.29, 1.82) is 0 Å². The monoisotopic (exact) mass is 910 g/mol. The molecule has 0 saturated carbocycles. The molecule has 4 aromatic carbocycles. The van der Waals surface area contributed by atoms with Crippen LogP contribution in [-0.2, 0) is 38.3 Å². The van der Waals surface area contributed by atoms with Gasteiger partial charge in [0.2, 0.25) is 0 Å². The number of aryl methyl sites for hydroxylation is 2. The fourth-order valence-corrected chi connectivity index (χ4v) is 10.3. The van der Waals surface area contributed by atoms with Crippen molar-refractivity contribution in [3.8, 4) is 40.2 Å². The van der Waals surface area contributed by atoms with Gasteiger partial charge in [0.05, 0.1) is 109 Å². The molecule has 356 valence electrons. The Morgan fingerprint density at radius 3 is 1.76 bits per heavy atom. The van der Waals surface area contributed by atoms with Gasteiger partial charge in [0, 0.05) is 55.4 Å². The van der Waals surface area contributed by atoms with Crippen molar-refractivity contribution in [2.45, 2.75) is 65.0 Å². The average molecular weight is 911 g/mol. The van der Waals surface area contributed by atoms with Crippen molar-refractivity contribution in [3.05, 3.63) is 111 Å². The molecule has 0 radical (unpaired) electrons. The van der Waals surface area contributed by atoms with E-state index in [-0.39, 0.29) is 25.3 Å². The highest BCUT2D eigenvalue weighted by Crippen LogP contribution is 2.49. The number of fused-ring (bicyclic) bond motifs is 2. The van der Waals surface area contributed by atoms with Crippen molar-refractivity contribution >= 4 is 11.9 Å². The highest BCUT2D eigenvalue weighted by molar-refractivity contribution is 5.91. The van der Waals surface area contributed by atoms with E-state index in [1.807, 2.05) is 19.1 Å². The van der Waals surface area contributed by atoms with Crippen molar-refractivity contribution in [2.24, 2.45) is 0 Å². The van der Waals surface area contributed by atoms with Gasteiger partial charge in [0.1, 0.15) is 17.8 Å². The average Bonchev–Trinajstić information content (AvgIpc) is 3.31. The van der Waals surface area contributed by atoms with Gasteiger partial charge >= 0.3 is 11.9 Å². The molecule has 2 aliphatic rings. The second-order valence-corrected chi connectivity index (χ2v) is 17.9. The zero-order valence-corrected chi connectivity index (χ0v) is 41.1. The minimum atomic E-state index is -0.589. The Hall–Kier alpha value is -5.92. The van der Waals surface area contributed by atoms with Crippen LogP contribution < -0.4 is 33.2 Å². The molecule has 0 spiro atoms. The van der Waals surface area contributed by atoms with Crippen LogP contribution in [0.15, 0.2) is 60.7 Å². The van der Waals surface area contributed by atoms with Gasteiger partial charge in [-0.2, -0.15) is 0 Å². The van der Waals surface area contributed by atoms with E-state index in [2.05, 4.69) is 64.3 Å². The molecule has 13 nitrogen and oxygen atoms in total. The third-order valence-corrected chi connectivity index (χ3v) is 13.9. The summed E-state index contributed by atoms with van der Waals surface area (Å²) < 4.78 is 52.8. The van der Waals surface area contributed by atoms with Crippen LogP contribution in [0.4, 0.5) is 0 Å². The van der Waals surface area contributed by atoms with Crippen molar-refractivity contribution in [2.75, 3.05) is 103 Å². The minimum Gasteiger partial charge on any atom is -0.496 e. The number of carbonyl (C=O) groups excluding carboxylic acids is 2. The highest BCUT2D eigenvalue weighted by atomic mass is 16.5. The maximum absolute atomic E-state index is 12.9. The number of likely N-dealkylation sites (N-methyl/N-ethyl adjacent to an activating group) is 2. The number of quaternary nitrogens is 2. The Kier molecular flexibility index (Phi) is 16.2. The number of nitrogens with zero attached hydrogens (tertiary/aromatic N) is 2. The lowest BCUT2D eigenvalue weighted by molar-refractivity contribution is -0.941. The number of rotatable bonds is 20. The molecule has 6 rings (SSSR count). The molecule has 2 aliphatic heterocycles. The van der Waals surface area contributed by atoms with Crippen molar-refractivity contribution < 1.29 is 61.2 Å². The molecule has 0 N–H and O–H groups in total. The van der Waals surface area contributed by atoms with Gasteiger partial charge in [0.15, 0.2) is 34.5 Å². The molecule has 4 aromatic rings. The van der Waals surface area contributed by atoms with E-state index in [9.17, 15) is 9.59 Å². The second kappa shape index (κ2) is 21.6. The first-order valence-corrected chi connectivity index (χ1v) is 22.7. The summed E-state index contributed by atoms with van der Waals surface area (Å²) in [6, 6.07) is 16.8. The number of hydrogen-bond donors (Lipinski definition) is 0. The maximum atomic E-state index is 12.9. The quantitative estimate of drug-likeness (QED) is 0.0370. The lowest BCUT2D eigenvalue weighted by atomic mass is 9.82. The van der Waals surface area contributed by atoms with Gasteiger partial charge in [-0.15, -0.1) is 0 Å². The van der Waals surface area contributed by atoms with Crippen LogP contribution in [0.1, 0.15) is 75.0 Å². The normalized spacial score (nSPS) is 19.9. The SMILES string of the molecule is COc1ccc(CC2c3cc(OC)c(OC)cc3CC[N+]2(C)CCCOC(=O)/C=C\C(=O)OCCC[N+]2(C)CCc3cc(C)c(C)c(OC)c3C2c2cc(C)c(OC)c(OC)c2)cc1OC. The summed E-state index contributed by atoms with van der Waals surface area (Å²) in [5.74, 6) is 3.87. The molecule has 0 aliphatic carbocycles. The summed E-state index contributed by atoms with van der Waals surface area (Å²) in [7, 11) is 16.2. The molecule has 0 saturated heterocycles. The van der Waals surface area contributed by atoms with Crippen molar-refractivity contribution in [3.63, 3.8) is 0 Å². The lowest BCUT2D eigenvalue weighted by Gasteiger charge is -2.46. The highest BCUT2D eigenvalue weighted by Gasteiger charge is 2.44. The summed E-state index contributed by atoms with van der Waals surface area (Å²) in [6.07, 6.45) is 6.02. The molecule has 0 bridgehead atoms. The van der Waals surface area contributed by atoms with Gasteiger partial charge in [-0.3, -0.25) is 0 Å². The van der Waals surface area contributed by atoms with E-state index >= 15 is 0 Å². The van der Waals surface area contributed by atoms with E-state index in [1.54, 1.807) is 49.8 Å². The summed E-state index contributed by atoms with van der Waals surface area (Å²) in [5.41, 5.74) is 10.4. The summed E-state index contributed by atoms with van der Waals surface area (Å²) >= 11 is 0. The first-order valence-electron chi connectivity index (χ1n) is 22.7. The van der Waals surface area contributed by atoms with E-state index in [0.717, 1.165) is 90.1 Å². The molecule has 0 amide bonds. The van der Waals surface area contributed by atoms with E-state index < -0.39 is 11.9 Å². The topological polar surface area (TPSA) is 117 Å². The molecule has 4 atom stereocenters. The third-order valence-electron chi connectivity index (χ3n) is 13.9. The van der Waals surface area contributed by atoms with Gasteiger partial charge in [-0.05, 0) is 90.6 Å². The van der Waals surface area contributed by atoms with E-state index in [1.165, 1.54) is 27.8 Å². The first kappa shape index (κ1) is 49.5. The Labute approximate surface area is 391 Å². The second-order valence-electron chi connectivity index (χ2n) is 17.9. The molecular weight excluding hydrogens is 841 g/mol. The fraction of sp³-hybridized carbons (Fsp3) is 0.472. The third kappa shape index (κ3) is 10.5. The molecule has 66 heavy (non-hydrogen) atoms. The molecule has 0 aromatic heterocycles. The molecule has 2 heterocycles. The largest absolute Gasteiger partial charge is 0.496 e. The van der Waals surface area contributed by atoms with Crippen LogP contribution >= 0.6 is 0 Å². The van der Waals surface area contributed by atoms with Gasteiger partial charge in [-0.25, -0.2) is 9.59 Å². The smallest absolute Gasteiger partial charge is 0.331 e. The zero-order valence-electron chi connectivity index (χ0n) is 41.1. The van der Waals surface area contributed by atoms with Gasteiger partial charge < -0.3 is 51.6 Å². The molecule has 0 fully saturated rings. The Balaban J connectivity index is 1.06. The van der Waals surface area contributed by atoms with Crippen LogP contribution in [0, 0.1) is 20.8 Å². The molecular formula is C53H70N2O11+2. The molecule has 4 unspecified atom stereocenters. The van der Waals surface area contributed by atoms with Crippen LogP contribution in [0.3, 0.4) is 0 Å². The predicted molar refractivity (Wildman–Crippen MR) is 254 cm³/mol. The number of benzene rings is 4. The Morgan fingerprint density at radius 2 is 1.15 bits per heavy atom. The molecule has 13 heteroatoms. The van der Waals surface area contributed by atoms with Crippen LogP contribution in [0.5, 0.6) is 40.2 Å². The minimum absolute atomic E-state index is 0.0710. The summed E-state index contributed by atoms with van der Waals surface area (Å²) in [6.45, 7) is 9.92. The van der Waals surface area contributed by atoms with E-state index in [0.29, 0.717) is 51.8 Å². The lowest BCUT2D eigenvalue weighted by Crippen LogP contribution is -2.52. The standard InChI is InChI=1S/C53H70N2O11/c1-34-27-39-20-24-55(5,51(50(39)53(64-12)36(34)3)40-28-35(2)52(63-11)47(32-40)62-10)22-14-26-66-49(57)18-17-48(56)65-25-13-21-54(4)23-19-38-31-45(60-8)46(61-9)33-41(38)42(54)29-37-15-16-43(58-6)44(30-37)59-7/h15-18,27-28,30-33,42,51H,13-14,19-26,29H2,1-12H3/q+2/b18-17-. The van der Waals surface area contributed by atoms with Crippen LogP contribution in [0.2, 0.25) is 0 Å². The number of ether oxygens (including phenoxy) is 9. The van der Waals surface area contributed by atoms with Gasteiger partial charge in [0.25, 0.3) is 0 Å². The summed E-state index contributed by atoms with van der Waals surface area (Å²) in [4.78, 5) is 25.7. The number of carbonyl (C=O) groups is 2. The van der Waals surface area contributed by atoms with Gasteiger partial charge in [-0.1, -0.05) is 12.1 Å². The summed E-state index contributed by atoms with van der Waals surface area (Å²) in [5, 5.41) is 0. The van der Waals surface area contributed by atoms with Crippen LogP contribution in [-0.4, -0.2) is 124 Å².